The van der Waals surface area contributed by atoms with Gasteiger partial charge in [0.15, 0.2) is 17.6 Å². The van der Waals surface area contributed by atoms with E-state index in [1.54, 1.807) is 13.0 Å². The highest BCUT2D eigenvalue weighted by atomic mass is 16.7. The molecule has 0 fully saturated rings. The molecule has 0 saturated heterocycles. The standard InChI is InChI=1S/C14H20N2O4/c1-8(2)16-6-10-4-12-13(19-7-18-12)5-11(10)20-9(3)14(15)17/h4-5,8-9,16H,6-7H2,1-3H3,(H2,15,17). The zero-order valence-electron chi connectivity index (χ0n) is 11.9. The van der Waals surface area contributed by atoms with Gasteiger partial charge in [0.25, 0.3) is 5.91 Å². The van der Waals surface area contributed by atoms with Crippen LogP contribution >= 0.6 is 0 Å². The van der Waals surface area contributed by atoms with Crippen LogP contribution in [-0.2, 0) is 11.3 Å². The lowest BCUT2D eigenvalue weighted by molar-refractivity contribution is -0.124. The molecule has 1 aliphatic rings. The van der Waals surface area contributed by atoms with Gasteiger partial charge in [-0.2, -0.15) is 0 Å². The summed E-state index contributed by atoms with van der Waals surface area (Å²) in [5.74, 6) is 1.37. The van der Waals surface area contributed by atoms with Crippen LogP contribution in [0.5, 0.6) is 17.2 Å². The van der Waals surface area contributed by atoms with Gasteiger partial charge in [-0.3, -0.25) is 4.79 Å². The Morgan fingerprint density at radius 2 is 2.00 bits per heavy atom. The number of hydrogen-bond donors (Lipinski definition) is 2. The van der Waals surface area contributed by atoms with Gasteiger partial charge in [-0.25, -0.2) is 0 Å². The molecule has 0 bridgehead atoms. The molecule has 0 saturated carbocycles. The second-order valence-electron chi connectivity index (χ2n) is 5.01. The van der Waals surface area contributed by atoms with Crippen LogP contribution in [0.15, 0.2) is 12.1 Å². The van der Waals surface area contributed by atoms with Crippen molar-refractivity contribution < 1.29 is 19.0 Å². The van der Waals surface area contributed by atoms with Crippen molar-refractivity contribution in [3.63, 3.8) is 0 Å². The molecular formula is C14H20N2O4. The van der Waals surface area contributed by atoms with Gasteiger partial charge in [0.2, 0.25) is 6.79 Å². The summed E-state index contributed by atoms with van der Waals surface area (Å²) in [6.07, 6.45) is -0.701. The van der Waals surface area contributed by atoms with Crippen LogP contribution in [-0.4, -0.2) is 24.8 Å². The van der Waals surface area contributed by atoms with Gasteiger partial charge >= 0.3 is 0 Å². The van der Waals surface area contributed by atoms with Gasteiger partial charge in [-0.1, -0.05) is 13.8 Å². The Morgan fingerprint density at radius 3 is 2.60 bits per heavy atom. The van der Waals surface area contributed by atoms with Crippen molar-refractivity contribution in [1.82, 2.24) is 5.32 Å². The van der Waals surface area contributed by atoms with Crippen molar-refractivity contribution in [2.24, 2.45) is 5.73 Å². The molecule has 0 aliphatic carbocycles. The lowest BCUT2D eigenvalue weighted by atomic mass is 10.1. The molecule has 3 N–H and O–H groups in total. The van der Waals surface area contributed by atoms with Crippen LogP contribution in [0.3, 0.4) is 0 Å². The molecule has 1 heterocycles. The number of fused-ring (bicyclic) bond motifs is 1. The molecule has 1 amide bonds. The average Bonchev–Trinajstić information content (AvgIpc) is 2.82. The first-order valence-electron chi connectivity index (χ1n) is 6.59. The van der Waals surface area contributed by atoms with Crippen molar-refractivity contribution >= 4 is 5.91 Å². The number of amides is 1. The number of carbonyl (C=O) groups is 1. The summed E-state index contributed by atoms with van der Waals surface area (Å²) < 4.78 is 16.3. The molecule has 1 atom stereocenters. The summed E-state index contributed by atoms with van der Waals surface area (Å²) >= 11 is 0. The third-order valence-electron chi connectivity index (χ3n) is 2.96. The van der Waals surface area contributed by atoms with E-state index in [1.807, 2.05) is 6.07 Å². The number of benzene rings is 1. The molecular weight excluding hydrogens is 260 g/mol. The number of nitrogens with one attached hydrogen (secondary N) is 1. The number of carbonyl (C=O) groups excluding carboxylic acids is 1. The number of hydrogen-bond acceptors (Lipinski definition) is 5. The lowest BCUT2D eigenvalue weighted by Crippen LogP contribution is -2.31. The number of rotatable bonds is 6. The first-order valence-corrected chi connectivity index (χ1v) is 6.59. The zero-order chi connectivity index (χ0) is 14.7. The quantitative estimate of drug-likeness (QED) is 0.817. The van der Waals surface area contributed by atoms with Crippen molar-refractivity contribution in [1.29, 1.82) is 0 Å². The maximum absolute atomic E-state index is 11.1. The fraction of sp³-hybridized carbons (Fsp3) is 0.500. The van der Waals surface area contributed by atoms with Crippen molar-refractivity contribution in [3.8, 4) is 17.2 Å². The summed E-state index contributed by atoms with van der Waals surface area (Å²) in [5.41, 5.74) is 6.13. The summed E-state index contributed by atoms with van der Waals surface area (Å²) in [6.45, 7) is 6.53. The SMILES string of the molecule is CC(C)NCc1cc2c(cc1OC(C)C(N)=O)OCO2. The topological polar surface area (TPSA) is 82.8 Å². The Balaban J connectivity index is 2.24. The van der Waals surface area contributed by atoms with Crippen molar-refractivity contribution in [2.45, 2.75) is 39.5 Å². The van der Waals surface area contributed by atoms with E-state index in [1.165, 1.54) is 0 Å². The molecule has 6 nitrogen and oxygen atoms in total. The molecule has 110 valence electrons. The molecule has 1 aliphatic heterocycles. The molecule has 2 rings (SSSR count). The summed E-state index contributed by atoms with van der Waals surface area (Å²) in [6, 6.07) is 3.93. The number of primary amides is 1. The van der Waals surface area contributed by atoms with Gasteiger partial charge in [0.05, 0.1) is 0 Å². The number of nitrogens with two attached hydrogens (primary N) is 1. The highest BCUT2D eigenvalue weighted by Crippen LogP contribution is 2.38. The maximum Gasteiger partial charge on any atom is 0.258 e. The van der Waals surface area contributed by atoms with Gasteiger partial charge in [-0.15, -0.1) is 0 Å². The first-order chi connectivity index (χ1) is 9.47. The Hall–Kier alpha value is -1.95. The molecule has 0 aromatic heterocycles. The van der Waals surface area contributed by atoms with Crippen LogP contribution in [0, 0.1) is 0 Å². The number of ether oxygens (including phenoxy) is 3. The monoisotopic (exact) mass is 280 g/mol. The van der Waals surface area contributed by atoms with E-state index in [0.29, 0.717) is 29.8 Å². The Kier molecular flexibility index (Phi) is 4.34. The largest absolute Gasteiger partial charge is 0.480 e. The van der Waals surface area contributed by atoms with E-state index in [4.69, 9.17) is 19.9 Å². The molecule has 1 unspecified atom stereocenters. The van der Waals surface area contributed by atoms with Crippen LogP contribution in [0.25, 0.3) is 0 Å². The minimum atomic E-state index is -0.701. The van der Waals surface area contributed by atoms with Crippen LogP contribution in [0.2, 0.25) is 0 Å². The highest BCUT2D eigenvalue weighted by Gasteiger charge is 2.20. The van der Waals surface area contributed by atoms with E-state index >= 15 is 0 Å². The minimum Gasteiger partial charge on any atom is -0.480 e. The van der Waals surface area contributed by atoms with Crippen molar-refractivity contribution in [2.75, 3.05) is 6.79 Å². The minimum absolute atomic E-state index is 0.196. The molecule has 0 radical (unpaired) electrons. The van der Waals surface area contributed by atoms with E-state index in [2.05, 4.69) is 19.2 Å². The Bertz CT molecular complexity index is 502. The Morgan fingerprint density at radius 1 is 1.35 bits per heavy atom. The van der Waals surface area contributed by atoms with E-state index in [-0.39, 0.29) is 6.79 Å². The molecule has 1 aromatic carbocycles. The predicted molar refractivity (Wildman–Crippen MR) is 73.8 cm³/mol. The second kappa shape index (κ2) is 6.00. The van der Waals surface area contributed by atoms with E-state index in [9.17, 15) is 4.79 Å². The third-order valence-corrected chi connectivity index (χ3v) is 2.96. The summed E-state index contributed by atoms with van der Waals surface area (Å²) in [7, 11) is 0. The fourth-order valence-corrected chi connectivity index (χ4v) is 1.78. The smallest absolute Gasteiger partial charge is 0.258 e. The molecule has 1 aromatic rings. The predicted octanol–water partition coefficient (Wildman–Crippen LogP) is 1.17. The second-order valence-corrected chi connectivity index (χ2v) is 5.01. The molecule has 20 heavy (non-hydrogen) atoms. The van der Waals surface area contributed by atoms with Crippen molar-refractivity contribution in [3.05, 3.63) is 17.7 Å². The van der Waals surface area contributed by atoms with E-state index in [0.717, 1.165) is 5.56 Å². The summed E-state index contributed by atoms with van der Waals surface area (Å²) in [5, 5.41) is 3.30. The van der Waals surface area contributed by atoms with Gasteiger partial charge < -0.3 is 25.3 Å². The fourth-order valence-electron chi connectivity index (χ4n) is 1.78. The van der Waals surface area contributed by atoms with Gasteiger partial charge in [0.1, 0.15) is 5.75 Å². The normalized spacial score (nSPS) is 14.4. The Labute approximate surface area is 118 Å². The highest BCUT2D eigenvalue weighted by molar-refractivity contribution is 5.78. The lowest BCUT2D eigenvalue weighted by Gasteiger charge is -2.17. The first kappa shape index (κ1) is 14.5. The van der Waals surface area contributed by atoms with E-state index < -0.39 is 12.0 Å². The zero-order valence-corrected chi connectivity index (χ0v) is 11.9. The van der Waals surface area contributed by atoms with Crippen LogP contribution in [0.1, 0.15) is 26.3 Å². The van der Waals surface area contributed by atoms with Gasteiger partial charge in [0, 0.05) is 24.2 Å². The maximum atomic E-state index is 11.1. The summed E-state index contributed by atoms with van der Waals surface area (Å²) in [4.78, 5) is 11.1. The molecule has 0 spiro atoms. The van der Waals surface area contributed by atoms with Crippen LogP contribution in [0.4, 0.5) is 0 Å². The van der Waals surface area contributed by atoms with Crippen LogP contribution < -0.4 is 25.3 Å². The van der Waals surface area contributed by atoms with Gasteiger partial charge in [-0.05, 0) is 13.0 Å². The average molecular weight is 280 g/mol. The molecule has 6 heteroatoms. The third kappa shape index (κ3) is 3.33.